The zero-order valence-corrected chi connectivity index (χ0v) is 15.6. The number of nitrogens with one attached hydrogen (secondary N) is 2. The molecule has 25 heavy (non-hydrogen) atoms. The summed E-state index contributed by atoms with van der Waals surface area (Å²) in [5.41, 5.74) is 1.49. The first-order chi connectivity index (χ1) is 11.9. The quantitative estimate of drug-likeness (QED) is 0.852. The Balaban J connectivity index is 1.60. The first-order valence-electron chi connectivity index (χ1n) is 8.01. The van der Waals surface area contributed by atoms with Crippen LogP contribution >= 0.6 is 23.4 Å². The molecule has 0 saturated carbocycles. The van der Waals surface area contributed by atoms with Crippen LogP contribution in [0.3, 0.4) is 0 Å². The van der Waals surface area contributed by atoms with E-state index in [2.05, 4.69) is 10.6 Å². The van der Waals surface area contributed by atoms with Crippen LogP contribution in [0.25, 0.3) is 0 Å². The van der Waals surface area contributed by atoms with Crippen LogP contribution < -0.4 is 10.6 Å². The number of hydrogen-bond donors (Lipinski definition) is 2. The Morgan fingerprint density at radius 1 is 1.32 bits per heavy atom. The van der Waals surface area contributed by atoms with Crippen molar-refractivity contribution in [3.63, 3.8) is 0 Å². The predicted molar refractivity (Wildman–Crippen MR) is 98.2 cm³/mol. The van der Waals surface area contributed by atoms with E-state index in [1.165, 1.54) is 0 Å². The predicted octanol–water partition coefficient (Wildman–Crippen LogP) is 3.63. The Kier molecular flexibility index (Phi) is 5.39. The molecule has 2 N–H and O–H groups in total. The first-order valence-corrected chi connectivity index (χ1v) is 9.37. The highest BCUT2D eigenvalue weighted by Crippen LogP contribution is 2.37. The highest BCUT2D eigenvalue weighted by Gasteiger charge is 2.23. The molecule has 1 unspecified atom stereocenters. The van der Waals surface area contributed by atoms with Crippen molar-refractivity contribution < 1.29 is 14.0 Å². The zero-order chi connectivity index (χ0) is 18.0. The minimum atomic E-state index is -0.313. The number of rotatable bonds is 4. The second kappa shape index (κ2) is 7.54. The topological polar surface area (TPSA) is 71.3 Å². The molecular formula is C18H19ClN2O3S. The van der Waals surface area contributed by atoms with Crippen molar-refractivity contribution in [1.29, 1.82) is 0 Å². The van der Waals surface area contributed by atoms with Gasteiger partial charge in [0, 0.05) is 15.7 Å². The van der Waals surface area contributed by atoms with E-state index < -0.39 is 0 Å². The Morgan fingerprint density at radius 3 is 2.84 bits per heavy atom. The lowest BCUT2D eigenvalue weighted by atomic mass is 10.0. The summed E-state index contributed by atoms with van der Waals surface area (Å²) in [5.74, 6) is 1.60. The van der Waals surface area contributed by atoms with E-state index in [1.54, 1.807) is 31.7 Å². The summed E-state index contributed by atoms with van der Waals surface area (Å²) < 4.78 is 5.34. The van der Waals surface area contributed by atoms with Gasteiger partial charge in [-0.15, -0.1) is 11.8 Å². The van der Waals surface area contributed by atoms with Gasteiger partial charge in [0.25, 0.3) is 5.91 Å². The van der Waals surface area contributed by atoms with Crippen LogP contribution in [0.4, 0.5) is 0 Å². The lowest BCUT2D eigenvalue weighted by molar-refractivity contribution is -0.120. The van der Waals surface area contributed by atoms with E-state index in [0.29, 0.717) is 22.1 Å². The third kappa shape index (κ3) is 4.19. The average Bonchev–Trinajstić information content (AvgIpc) is 2.92. The van der Waals surface area contributed by atoms with Gasteiger partial charge in [-0.25, -0.2) is 0 Å². The molecule has 1 atom stereocenters. The van der Waals surface area contributed by atoms with Crippen LogP contribution in [-0.2, 0) is 4.79 Å². The lowest BCUT2D eigenvalue weighted by Gasteiger charge is -2.26. The number of carbonyl (C=O) groups excluding carboxylic acids is 2. The number of furan rings is 1. The van der Waals surface area contributed by atoms with E-state index in [9.17, 15) is 9.59 Å². The van der Waals surface area contributed by atoms with E-state index in [0.717, 1.165) is 22.6 Å². The third-order valence-electron chi connectivity index (χ3n) is 4.04. The molecular weight excluding hydrogens is 360 g/mol. The highest BCUT2D eigenvalue weighted by molar-refractivity contribution is 7.99. The smallest absolute Gasteiger partial charge is 0.255 e. The summed E-state index contributed by atoms with van der Waals surface area (Å²) in [6.45, 7) is 3.42. The summed E-state index contributed by atoms with van der Waals surface area (Å²) in [4.78, 5) is 25.5. The normalized spacial score (nSPS) is 16.2. The van der Waals surface area contributed by atoms with Crippen molar-refractivity contribution in [3.8, 4) is 0 Å². The van der Waals surface area contributed by atoms with Gasteiger partial charge in [0.15, 0.2) is 0 Å². The number of benzene rings is 1. The molecule has 0 saturated heterocycles. The van der Waals surface area contributed by atoms with Gasteiger partial charge in [-0.2, -0.15) is 0 Å². The van der Waals surface area contributed by atoms with Gasteiger partial charge in [-0.05, 0) is 50.1 Å². The van der Waals surface area contributed by atoms with Crippen LogP contribution in [0.2, 0.25) is 5.02 Å². The van der Waals surface area contributed by atoms with Crippen LogP contribution in [0.5, 0.6) is 0 Å². The maximum absolute atomic E-state index is 12.2. The molecule has 2 aromatic rings. The fourth-order valence-electron chi connectivity index (χ4n) is 2.87. The molecule has 2 amide bonds. The number of fused-ring (bicyclic) bond motifs is 1. The molecule has 5 nitrogen and oxygen atoms in total. The fraction of sp³-hybridized carbons (Fsp3) is 0.333. The van der Waals surface area contributed by atoms with Crippen molar-refractivity contribution in [2.75, 3.05) is 12.3 Å². The van der Waals surface area contributed by atoms with E-state index in [-0.39, 0.29) is 24.4 Å². The first kappa shape index (κ1) is 17.9. The van der Waals surface area contributed by atoms with Crippen LogP contribution in [0.15, 0.2) is 33.6 Å². The summed E-state index contributed by atoms with van der Waals surface area (Å²) in [6, 6.07) is 7.31. The van der Waals surface area contributed by atoms with Gasteiger partial charge in [0.2, 0.25) is 5.91 Å². The Hall–Kier alpha value is -1.92. The number of aryl methyl sites for hydroxylation is 2. The molecule has 2 heterocycles. The van der Waals surface area contributed by atoms with Crippen molar-refractivity contribution in [2.24, 2.45) is 0 Å². The molecule has 1 aliphatic rings. The SMILES string of the molecule is Cc1cc(C(=O)NCC(=O)NC2CCSc3ccc(Cl)cc32)c(C)o1. The van der Waals surface area contributed by atoms with Gasteiger partial charge in [-0.1, -0.05) is 11.6 Å². The van der Waals surface area contributed by atoms with Gasteiger partial charge < -0.3 is 15.1 Å². The molecule has 132 valence electrons. The number of halogens is 1. The minimum absolute atomic E-state index is 0.0813. The van der Waals surface area contributed by atoms with E-state index in [1.807, 2.05) is 18.2 Å². The molecule has 0 fully saturated rings. The monoisotopic (exact) mass is 378 g/mol. The number of amides is 2. The number of carbonyl (C=O) groups is 2. The summed E-state index contributed by atoms with van der Waals surface area (Å²) in [5, 5.41) is 6.27. The minimum Gasteiger partial charge on any atom is -0.466 e. The molecule has 1 aromatic carbocycles. The lowest BCUT2D eigenvalue weighted by Crippen LogP contribution is -2.39. The van der Waals surface area contributed by atoms with Crippen molar-refractivity contribution >= 4 is 35.2 Å². The molecule has 3 rings (SSSR count). The molecule has 1 aromatic heterocycles. The fourth-order valence-corrected chi connectivity index (χ4v) is 4.16. The van der Waals surface area contributed by atoms with Crippen molar-refractivity contribution in [3.05, 3.63) is 51.9 Å². The Morgan fingerprint density at radius 2 is 2.12 bits per heavy atom. The molecule has 7 heteroatoms. The maximum atomic E-state index is 12.2. The summed E-state index contributed by atoms with van der Waals surface area (Å²) in [6.07, 6.45) is 0.831. The average molecular weight is 379 g/mol. The number of hydrogen-bond acceptors (Lipinski definition) is 4. The molecule has 0 aliphatic carbocycles. The summed E-state index contributed by atoms with van der Waals surface area (Å²) >= 11 is 7.84. The second-order valence-corrected chi connectivity index (χ2v) is 7.52. The summed E-state index contributed by atoms with van der Waals surface area (Å²) in [7, 11) is 0. The molecule has 0 bridgehead atoms. The largest absolute Gasteiger partial charge is 0.466 e. The van der Waals surface area contributed by atoms with Crippen LogP contribution in [0, 0.1) is 13.8 Å². The van der Waals surface area contributed by atoms with Crippen molar-refractivity contribution in [1.82, 2.24) is 10.6 Å². The van der Waals surface area contributed by atoms with Crippen molar-refractivity contribution in [2.45, 2.75) is 31.2 Å². The zero-order valence-electron chi connectivity index (χ0n) is 14.0. The maximum Gasteiger partial charge on any atom is 0.255 e. The van der Waals surface area contributed by atoms with Gasteiger partial charge >= 0.3 is 0 Å². The van der Waals surface area contributed by atoms with Crippen LogP contribution in [0.1, 0.15) is 39.9 Å². The van der Waals surface area contributed by atoms with Gasteiger partial charge in [0.1, 0.15) is 11.5 Å². The molecule has 1 aliphatic heterocycles. The third-order valence-corrected chi connectivity index (χ3v) is 5.40. The Labute approximate surface area is 155 Å². The van der Waals surface area contributed by atoms with Crippen LogP contribution in [-0.4, -0.2) is 24.1 Å². The van der Waals surface area contributed by atoms with E-state index in [4.69, 9.17) is 16.0 Å². The molecule has 0 spiro atoms. The molecule has 0 radical (unpaired) electrons. The standard InChI is InChI=1S/C18H19ClN2O3S/c1-10-7-13(11(2)24-10)18(23)20-9-17(22)21-15-5-6-25-16-4-3-12(19)8-14(15)16/h3-4,7-8,15H,5-6,9H2,1-2H3,(H,20,23)(H,21,22). The van der Waals surface area contributed by atoms with Gasteiger partial charge in [0.05, 0.1) is 18.2 Å². The van der Waals surface area contributed by atoms with E-state index >= 15 is 0 Å². The highest BCUT2D eigenvalue weighted by atomic mass is 35.5. The Bertz CT molecular complexity index is 819. The number of thioether (sulfide) groups is 1. The second-order valence-electron chi connectivity index (χ2n) is 5.95. The van der Waals surface area contributed by atoms with Gasteiger partial charge in [-0.3, -0.25) is 9.59 Å².